The molecular weight excluding hydrogens is 269 g/mol. The van der Waals surface area contributed by atoms with Crippen molar-refractivity contribution in [3.63, 3.8) is 0 Å². The molecular formula is C14H17F3N2O. The first kappa shape index (κ1) is 16.5. The van der Waals surface area contributed by atoms with Crippen LogP contribution in [0.1, 0.15) is 11.1 Å². The molecule has 3 N–H and O–H groups in total. The first-order chi connectivity index (χ1) is 9.55. The summed E-state index contributed by atoms with van der Waals surface area (Å²) in [7, 11) is 0. The summed E-state index contributed by atoms with van der Waals surface area (Å²) < 4.78 is 38.2. The van der Waals surface area contributed by atoms with Crippen molar-refractivity contribution in [2.24, 2.45) is 5.73 Å². The number of alkyl halides is 2. The van der Waals surface area contributed by atoms with Crippen molar-refractivity contribution in [2.75, 3.05) is 26.2 Å². The van der Waals surface area contributed by atoms with Gasteiger partial charge in [-0.25, -0.2) is 13.2 Å². The minimum absolute atomic E-state index is 0.102. The number of benzene rings is 1. The number of aliphatic hydroxyl groups excluding tert-OH is 1. The zero-order valence-electron chi connectivity index (χ0n) is 11.0. The predicted octanol–water partition coefficient (Wildman–Crippen LogP) is 1.20. The Morgan fingerprint density at radius 2 is 2.05 bits per heavy atom. The Balaban J connectivity index is 2.85. The second-order valence-corrected chi connectivity index (χ2v) is 4.20. The summed E-state index contributed by atoms with van der Waals surface area (Å²) in [6.07, 6.45) is -2.51. The lowest BCUT2D eigenvalue weighted by atomic mass is 10.1. The molecule has 0 unspecified atom stereocenters. The summed E-state index contributed by atoms with van der Waals surface area (Å²) in [6.45, 7) is -0.318. The van der Waals surface area contributed by atoms with E-state index < -0.39 is 18.8 Å². The SMILES string of the molecule is NCC#Cc1cc(F)cc(CN(CCO)CC(F)F)c1. The minimum Gasteiger partial charge on any atom is -0.395 e. The van der Waals surface area contributed by atoms with Gasteiger partial charge in [0.25, 0.3) is 6.43 Å². The van der Waals surface area contributed by atoms with Crippen molar-refractivity contribution in [1.82, 2.24) is 4.90 Å². The molecule has 0 aliphatic carbocycles. The number of rotatable bonds is 6. The fourth-order valence-corrected chi connectivity index (χ4v) is 1.80. The van der Waals surface area contributed by atoms with Crippen molar-refractivity contribution in [3.05, 3.63) is 35.1 Å². The molecule has 1 aromatic rings. The van der Waals surface area contributed by atoms with Gasteiger partial charge < -0.3 is 10.8 Å². The maximum atomic E-state index is 13.4. The van der Waals surface area contributed by atoms with Crippen molar-refractivity contribution in [1.29, 1.82) is 0 Å². The molecule has 0 aliphatic heterocycles. The van der Waals surface area contributed by atoms with Crippen LogP contribution in [0.15, 0.2) is 18.2 Å². The molecule has 0 heterocycles. The highest BCUT2D eigenvalue weighted by molar-refractivity contribution is 5.38. The molecule has 0 amide bonds. The van der Waals surface area contributed by atoms with E-state index in [1.54, 1.807) is 6.07 Å². The maximum Gasteiger partial charge on any atom is 0.251 e. The molecule has 3 nitrogen and oxygen atoms in total. The maximum absolute atomic E-state index is 13.4. The fraction of sp³-hybridized carbons (Fsp3) is 0.429. The normalized spacial score (nSPS) is 10.8. The standard InChI is InChI=1S/C14H17F3N2O/c15-13-7-11(2-1-3-18)6-12(8-13)9-19(4-5-20)10-14(16)17/h6-8,14,20H,3-5,9-10,18H2. The van der Waals surface area contributed by atoms with Gasteiger partial charge in [0, 0.05) is 18.7 Å². The lowest BCUT2D eigenvalue weighted by Gasteiger charge is -2.20. The van der Waals surface area contributed by atoms with E-state index in [1.807, 2.05) is 0 Å². The molecule has 0 saturated carbocycles. The Hall–Kier alpha value is -1.55. The van der Waals surface area contributed by atoms with Crippen LogP contribution >= 0.6 is 0 Å². The molecule has 1 rings (SSSR count). The zero-order chi connectivity index (χ0) is 15.0. The van der Waals surface area contributed by atoms with E-state index >= 15 is 0 Å². The van der Waals surface area contributed by atoms with Gasteiger partial charge in [-0.15, -0.1) is 0 Å². The summed E-state index contributed by atoms with van der Waals surface area (Å²) in [4.78, 5) is 1.36. The third kappa shape index (κ3) is 6.06. The van der Waals surface area contributed by atoms with Crippen molar-refractivity contribution in [2.45, 2.75) is 13.0 Å². The van der Waals surface area contributed by atoms with Gasteiger partial charge in [-0.2, -0.15) is 0 Å². The predicted molar refractivity (Wildman–Crippen MR) is 70.7 cm³/mol. The van der Waals surface area contributed by atoms with E-state index in [9.17, 15) is 13.2 Å². The summed E-state index contributed by atoms with van der Waals surface area (Å²) in [5, 5.41) is 8.86. The van der Waals surface area contributed by atoms with E-state index in [-0.39, 0.29) is 26.2 Å². The Bertz CT molecular complexity index is 483. The van der Waals surface area contributed by atoms with E-state index in [4.69, 9.17) is 10.8 Å². The van der Waals surface area contributed by atoms with Crippen LogP contribution in [0.3, 0.4) is 0 Å². The van der Waals surface area contributed by atoms with Crippen LogP contribution in [0.4, 0.5) is 13.2 Å². The molecule has 0 atom stereocenters. The van der Waals surface area contributed by atoms with E-state index in [0.717, 1.165) is 0 Å². The van der Waals surface area contributed by atoms with Crippen LogP contribution in [-0.2, 0) is 6.54 Å². The molecule has 6 heteroatoms. The smallest absolute Gasteiger partial charge is 0.251 e. The Morgan fingerprint density at radius 3 is 2.65 bits per heavy atom. The highest BCUT2D eigenvalue weighted by atomic mass is 19.3. The molecule has 0 spiro atoms. The number of nitrogens with zero attached hydrogens (tertiary/aromatic N) is 1. The molecule has 0 bridgehead atoms. The largest absolute Gasteiger partial charge is 0.395 e. The van der Waals surface area contributed by atoms with E-state index in [1.165, 1.54) is 17.0 Å². The van der Waals surface area contributed by atoms with Gasteiger partial charge in [0.1, 0.15) is 5.82 Å². The summed E-state index contributed by atoms with van der Waals surface area (Å²) in [6, 6.07) is 4.15. The van der Waals surface area contributed by atoms with E-state index in [2.05, 4.69) is 11.8 Å². The average Bonchev–Trinajstić information content (AvgIpc) is 2.35. The van der Waals surface area contributed by atoms with Gasteiger partial charge in [-0.3, -0.25) is 4.90 Å². The molecule has 0 fully saturated rings. The first-order valence-corrected chi connectivity index (χ1v) is 6.15. The van der Waals surface area contributed by atoms with Gasteiger partial charge in [-0.1, -0.05) is 11.8 Å². The fourth-order valence-electron chi connectivity index (χ4n) is 1.80. The van der Waals surface area contributed by atoms with Crippen molar-refractivity contribution >= 4 is 0 Å². The van der Waals surface area contributed by atoms with Gasteiger partial charge in [0.2, 0.25) is 0 Å². The Kier molecular flexibility index (Phi) is 7.09. The first-order valence-electron chi connectivity index (χ1n) is 6.15. The van der Waals surface area contributed by atoms with Crippen LogP contribution < -0.4 is 5.73 Å². The molecule has 0 aromatic heterocycles. The van der Waals surface area contributed by atoms with Crippen LogP contribution in [0.2, 0.25) is 0 Å². The van der Waals surface area contributed by atoms with Gasteiger partial charge >= 0.3 is 0 Å². The molecule has 0 saturated heterocycles. The molecule has 0 radical (unpaired) electrons. The highest BCUT2D eigenvalue weighted by Gasteiger charge is 2.12. The monoisotopic (exact) mass is 286 g/mol. The number of nitrogens with two attached hydrogens (primary N) is 1. The van der Waals surface area contributed by atoms with Gasteiger partial charge in [0.05, 0.1) is 19.7 Å². The molecule has 110 valence electrons. The number of aliphatic hydroxyl groups is 1. The minimum atomic E-state index is -2.51. The van der Waals surface area contributed by atoms with E-state index in [0.29, 0.717) is 11.1 Å². The molecule has 1 aromatic carbocycles. The van der Waals surface area contributed by atoms with Gasteiger partial charge in [0.15, 0.2) is 0 Å². The van der Waals surface area contributed by atoms with Crippen LogP contribution in [0, 0.1) is 17.7 Å². The summed E-state index contributed by atoms with van der Waals surface area (Å²) in [5.74, 6) is 4.83. The number of hydrogen-bond acceptors (Lipinski definition) is 3. The Morgan fingerprint density at radius 1 is 1.30 bits per heavy atom. The quantitative estimate of drug-likeness (QED) is 0.773. The lowest BCUT2D eigenvalue weighted by Crippen LogP contribution is -2.31. The average molecular weight is 286 g/mol. The molecule has 20 heavy (non-hydrogen) atoms. The summed E-state index contributed by atoms with van der Waals surface area (Å²) in [5.41, 5.74) is 6.22. The van der Waals surface area contributed by atoms with Crippen molar-refractivity contribution < 1.29 is 18.3 Å². The van der Waals surface area contributed by atoms with Gasteiger partial charge in [-0.05, 0) is 23.8 Å². The third-order valence-corrected chi connectivity index (χ3v) is 2.51. The van der Waals surface area contributed by atoms with Crippen LogP contribution in [0.5, 0.6) is 0 Å². The topological polar surface area (TPSA) is 49.5 Å². The zero-order valence-corrected chi connectivity index (χ0v) is 11.0. The third-order valence-electron chi connectivity index (χ3n) is 2.51. The second-order valence-electron chi connectivity index (χ2n) is 4.20. The summed E-state index contributed by atoms with van der Waals surface area (Å²) >= 11 is 0. The highest BCUT2D eigenvalue weighted by Crippen LogP contribution is 2.12. The second kappa shape index (κ2) is 8.59. The number of halogens is 3. The molecule has 0 aliphatic rings. The van der Waals surface area contributed by atoms with Crippen molar-refractivity contribution in [3.8, 4) is 11.8 Å². The van der Waals surface area contributed by atoms with Crippen LogP contribution in [-0.4, -0.2) is 42.7 Å². The Labute approximate surface area is 116 Å². The lowest BCUT2D eigenvalue weighted by molar-refractivity contribution is 0.0746. The van der Waals surface area contributed by atoms with Crippen LogP contribution in [0.25, 0.3) is 0 Å². The number of hydrogen-bond donors (Lipinski definition) is 2.